The minimum Gasteiger partial charge on any atom is -0.444 e. The van der Waals surface area contributed by atoms with Gasteiger partial charge in [0.15, 0.2) is 0 Å². The summed E-state index contributed by atoms with van der Waals surface area (Å²) in [5, 5.41) is 9.22. The van der Waals surface area contributed by atoms with Gasteiger partial charge in [0.05, 0.1) is 12.0 Å². The summed E-state index contributed by atoms with van der Waals surface area (Å²) in [5.74, 6) is 1.06. The summed E-state index contributed by atoms with van der Waals surface area (Å²) in [6.45, 7) is 7.04. The van der Waals surface area contributed by atoms with Crippen LogP contribution in [0.15, 0.2) is 0 Å². The molecule has 2 rings (SSSR count). The predicted octanol–water partition coefficient (Wildman–Crippen LogP) is 2.79. The number of likely N-dealkylation sites (tertiary alicyclic amines) is 1. The van der Waals surface area contributed by atoms with E-state index >= 15 is 0 Å². The molecule has 100 valence electrons. The fourth-order valence-electron chi connectivity index (χ4n) is 2.62. The number of hydrogen-bond donors (Lipinski definition) is 0. The highest BCUT2D eigenvalue weighted by atomic mass is 16.6. The molecule has 0 aromatic carbocycles. The Balaban J connectivity index is 1.88. The molecule has 2 unspecified atom stereocenters. The predicted molar refractivity (Wildman–Crippen MR) is 67.7 cm³/mol. The van der Waals surface area contributed by atoms with Gasteiger partial charge < -0.3 is 9.64 Å². The summed E-state index contributed by atoms with van der Waals surface area (Å²) >= 11 is 0. The lowest BCUT2D eigenvalue weighted by molar-refractivity contribution is 0.0284. The fraction of sp³-hybridized carbons (Fsp3) is 0.857. The summed E-state index contributed by atoms with van der Waals surface area (Å²) in [6, 6.07) is 2.43. The van der Waals surface area contributed by atoms with E-state index in [4.69, 9.17) is 4.74 Å². The van der Waals surface area contributed by atoms with Crippen molar-refractivity contribution in [1.29, 1.82) is 5.26 Å². The molecule has 0 N–H and O–H groups in total. The maximum absolute atomic E-state index is 11.9. The topological polar surface area (TPSA) is 53.3 Å². The number of amides is 1. The van der Waals surface area contributed by atoms with Gasteiger partial charge in [0.25, 0.3) is 0 Å². The van der Waals surface area contributed by atoms with Crippen LogP contribution in [0.3, 0.4) is 0 Å². The average Bonchev–Trinajstić information content (AvgIpc) is 2.94. The Kier molecular flexibility index (Phi) is 3.52. The first-order valence-corrected chi connectivity index (χ1v) is 6.78. The van der Waals surface area contributed by atoms with Gasteiger partial charge in [-0.1, -0.05) is 0 Å². The van der Waals surface area contributed by atoms with Crippen LogP contribution >= 0.6 is 0 Å². The highest BCUT2D eigenvalue weighted by Crippen LogP contribution is 2.42. The van der Waals surface area contributed by atoms with Crippen LogP contribution < -0.4 is 0 Å². The third-order valence-corrected chi connectivity index (χ3v) is 3.66. The second kappa shape index (κ2) is 4.79. The minimum absolute atomic E-state index is 0.137. The normalized spacial score (nSPS) is 25.7. The van der Waals surface area contributed by atoms with Crippen molar-refractivity contribution in [1.82, 2.24) is 4.90 Å². The second-order valence-corrected chi connectivity index (χ2v) is 6.47. The Hall–Kier alpha value is -1.24. The lowest BCUT2D eigenvalue weighted by atomic mass is 9.89. The van der Waals surface area contributed by atoms with E-state index in [1.165, 1.54) is 12.8 Å². The van der Waals surface area contributed by atoms with Gasteiger partial charge in [-0.3, -0.25) is 0 Å². The minimum atomic E-state index is -0.444. The van der Waals surface area contributed by atoms with Gasteiger partial charge in [-0.05, 0) is 51.9 Å². The maximum Gasteiger partial charge on any atom is 0.410 e. The monoisotopic (exact) mass is 250 g/mol. The van der Waals surface area contributed by atoms with E-state index in [9.17, 15) is 10.1 Å². The number of carbonyl (C=O) groups excluding carboxylic acids is 1. The SMILES string of the molecule is CC(C)(C)OC(=O)N1CCC(C(C#N)C2CC2)C1. The first-order chi connectivity index (χ1) is 8.40. The highest BCUT2D eigenvalue weighted by Gasteiger charge is 2.41. The summed E-state index contributed by atoms with van der Waals surface area (Å²) < 4.78 is 5.36. The van der Waals surface area contributed by atoms with Gasteiger partial charge >= 0.3 is 6.09 Å². The van der Waals surface area contributed by atoms with Crippen LogP contribution in [0.4, 0.5) is 4.79 Å². The average molecular weight is 250 g/mol. The van der Waals surface area contributed by atoms with Crippen molar-refractivity contribution in [3.63, 3.8) is 0 Å². The molecule has 0 aromatic rings. The third-order valence-electron chi connectivity index (χ3n) is 3.66. The molecule has 0 radical (unpaired) electrons. The summed E-state index contributed by atoms with van der Waals surface area (Å²) in [7, 11) is 0. The maximum atomic E-state index is 11.9. The van der Waals surface area contributed by atoms with Crippen molar-refractivity contribution in [2.75, 3.05) is 13.1 Å². The van der Waals surface area contributed by atoms with Crippen LogP contribution in [0.5, 0.6) is 0 Å². The third kappa shape index (κ3) is 3.16. The first-order valence-electron chi connectivity index (χ1n) is 6.78. The van der Waals surface area contributed by atoms with E-state index in [1.54, 1.807) is 4.90 Å². The Bertz CT molecular complexity index is 363. The van der Waals surface area contributed by atoms with Gasteiger partial charge in [-0.2, -0.15) is 5.26 Å². The molecule has 0 aromatic heterocycles. The number of hydrogen-bond acceptors (Lipinski definition) is 3. The van der Waals surface area contributed by atoms with E-state index in [-0.39, 0.29) is 12.0 Å². The van der Waals surface area contributed by atoms with Crippen molar-refractivity contribution in [3.05, 3.63) is 0 Å². The molecule has 2 fully saturated rings. The van der Waals surface area contributed by atoms with Crippen molar-refractivity contribution in [2.24, 2.45) is 17.8 Å². The summed E-state index contributed by atoms with van der Waals surface area (Å²) in [6.07, 6.45) is 3.06. The number of nitrogens with zero attached hydrogens (tertiary/aromatic N) is 2. The zero-order valence-electron chi connectivity index (χ0n) is 11.5. The molecule has 2 aliphatic rings. The lowest BCUT2D eigenvalue weighted by Crippen LogP contribution is -2.35. The zero-order valence-corrected chi connectivity index (χ0v) is 11.5. The summed E-state index contributed by atoms with van der Waals surface area (Å²) in [4.78, 5) is 13.7. The molecule has 0 bridgehead atoms. The van der Waals surface area contributed by atoms with Gasteiger partial charge in [0.1, 0.15) is 5.60 Å². The molecule has 18 heavy (non-hydrogen) atoms. The first kappa shape index (κ1) is 13.2. The van der Waals surface area contributed by atoms with E-state index < -0.39 is 5.60 Å². The van der Waals surface area contributed by atoms with Crippen molar-refractivity contribution >= 4 is 6.09 Å². The Morgan fingerprint density at radius 2 is 2.00 bits per heavy atom. The second-order valence-electron chi connectivity index (χ2n) is 6.47. The molecule has 4 heteroatoms. The van der Waals surface area contributed by atoms with Crippen LogP contribution in [-0.2, 0) is 4.74 Å². The summed E-state index contributed by atoms with van der Waals surface area (Å²) in [5.41, 5.74) is -0.444. The standard InChI is InChI=1S/C14H22N2O2/c1-14(2,3)18-13(17)16-7-6-11(9-16)12(8-15)10-4-5-10/h10-12H,4-7,9H2,1-3H3. The number of carbonyl (C=O) groups is 1. The van der Waals surface area contributed by atoms with Gasteiger partial charge in [0.2, 0.25) is 0 Å². The van der Waals surface area contributed by atoms with E-state index in [0.717, 1.165) is 13.0 Å². The molecule has 1 saturated carbocycles. The fourth-order valence-corrected chi connectivity index (χ4v) is 2.62. The van der Waals surface area contributed by atoms with Crippen molar-refractivity contribution in [2.45, 2.75) is 45.6 Å². The van der Waals surface area contributed by atoms with Crippen molar-refractivity contribution < 1.29 is 9.53 Å². The quantitative estimate of drug-likeness (QED) is 0.757. The van der Waals surface area contributed by atoms with Gasteiger partial charge in [0, 0.05) is 13.1 Å². The molecule has 1 aliphatic heterocycles. The van der Waals surface area contributed by atoms with Crippen LogP contribution in [0.2, 0.25) is 0 Å². The smallest absolute Gasteiger partial charge is 0.410 e. The molecule has 1 amide bonds. The van der Waals surface area contributed by atoms with Crippen molar-refractivity contribution in [3.8, 4) is 6.07 Å². The molecular formula is C14H22N2O2. The van der Waals surface area contributed by atoms with Crippen LogP contribution in [0.1, 0.15) is 40.0 Å². The number of nitriles is 1. The molecule has 4 nitrogen and oxygen atoms in total. The number of rotatable bonds is 2. The van der Waals surface area contributed by atoms with Crippen LogP contribution in [0, 0.1) is 29.1 Å². The lowest BCUT2D eigenvalue weighted by Gasteiger charge is -2.24. The molecule has 1 aliphatic carbocycles. The Morgan fingerprint density at radius 1 is 1.33 bits per heavy atom. The van der Waals surface area contributed by atoms with Gasteiger partial charge in [-0.15, -0.1) is 0 Å². The van der Waals surface area contributed by atoms with E-state index in [0.29, 0.717) is 18.4 Å². The van der Waals surface area contributed by atoms with Gasteiger partial charge in [-0.25, -0.2) is 4.79 Å². The van der Waals surface area contributed by atoms with E-state index in [2.05, 4.69) is 6.07 Å². The molecule has 1 heterocycles. The Labute approximate surface area is 109 Å². The van der Waals surface area contributed by atoms with E-state index in [1.807, 2.05) is 20.8 Å². The molecule has 2 atom stereocenters. The molecular weight excluding hydrogens is 228 g/mol. The van der Waals surface area contributed by atoms with Crippen LogP contribution in [-0.4, -0.2) is 29.7 Å². The molecule has 0 spiro atoms. The zero-order chi connectivity index (χ0) is 13.3. The molecule has 1 saturated heterocycles. The number of ether oxygens (including phenoxy) is 1. The Morgan fingerprint density at radius 3 is 2.50 bits per heavy atom. The van der Waals surface area contributed by atoms with Crippen LogP contribution in [0.25, 0.3) is 0 Å². The highest BCUT2D eigenvalue weighted by molar-refractivity contribution is 5.68. The largest absolute Gasteiger partial charge is 0.444 e.